The number of aryl methyl sites for hydroxylation is 1. The van der Waals surface area contributed by atoms with Crippen molar-refractivity contribution in [3.05, 3.63) is 92.7 Å². The first-order valence-electron chi connectivity index (χ1n) is 9.36. The second kappa shape index (κ2) is 9.92. The Bertz CT molecular complexity index is 1150. The number of amides is 1. The molecule has 8 heteroatoms. The van der Waals surface area contributed by atoms with Crippen LogP contribution in [0.3, 0.4) is 0 Å². The van der Waals surface area contributed by atoms with Crippen LogP contribution in [0, 0.1) is 12.7 Å². The van der Waals surface area contributed by atoms with E-state index in [4.69, 9.17) is 28.3 Å². The molecule has 3 aromatic carbocycles. The Labute approximate surface area is 188 Å². The van der Waals surface area contributed by atoms with Crippen molar-refractivity contribution in [1.29, 1.82) is 0 Å². The molecule has 0 saturated carbocycles. The molecule has 0 fully saturated rings. The van der Waals surface area contributed by atoms with Crippen molar-refractivity contribution in [2.45, 2.75) is 6.92 Å². The van der Waals surface area contributed by atoms with Crippen LogP contribution in [0.25, 0.3) is 0 Å². The number of rotatable bonds is 7. The minimum atomic E-state index is -0.518. The van der Waals surface area contributed by atoms with Gasteiger partial charge in [0.05, 0.1) is 17.3 Å². The Kier molecular flexibility index (Phi) is 7.28. The molecule has 0 aliphatic rings. The zero-order valence-electron chi connectivity index (χ0n) is 16.5. The maximum Gasteiger partial charge on any atom is 0.251 e. The van der Waals surface area contributed by atoms with Gasteiger partial charge in [0.2, 0.25) is 0 Å². The van der Waals surface area contributed by atoms with Gasteiger partial charge in [0.25, 0.3) is 5.91 Å². The van der Waals surface area contributed by atoms with Gasteiger partial charge in [-0.2, -0.15) is 0 Å². The standard InChI is InChI=1S/C23H19Cl2FN2O3/c1-13-2-3-14(23(31)27-8-9-29)10-18(13)22(30)17-6-5-16(12-19(17)25)28-21-7-4-15(24)11-20(21)26/h2-7,10-12,28-29H,8-9H2,1H3,(H,27,31). The normalized spacial score (nSPS) is 10.6. The van der Waals surface area contributed by atoms with E-state index in [9.17, 15) is 14.0 Å². The maximum atomic E-state index is 14.0. The molecule has 1 amide bonds. The molecule has 0 aromatic heterocycles. The molecular weight excluding hydrogens is 442 g/mol. The Morgan fingerprint density at radius 1 is 1.00 bits per heavy atom. The number of benzene rings is 3. The third kappa shape index (κ3) is 5.41. The second-order valence-corrected chi connectivity index (χ2v) is 7.63. The number of carbonyl (C=O) groups excluding carboxylic acids is 2. The van der Waals surface area contributed by atoms with Crippen LogP contribution in [0.1, 0.15) is 31.8 Å². The molecule has 0 aliphatic heterocycles. The maximum absolute atomic E-state index is 14.0. The molecular formula is C23H19Cl2FN2O3. The highest BCUT2D eigenvalue weighted by molar-refractivity contribution is 6.35. The first-order valence-corrected chi connectivity index (χ1v) is 10.1. The number of nitrogens with one attached hydrogen (secondary N) is 2. The minimum absolute atomic E-state index is 0.116. The first-order chi connectivity index (χ1) is 14.8. The van der Waals surface area contributed by atoms with Crippen molar-refractivity contribution in [3.63, 3.8) is 0 Å². The molecule has 0 spiro atoms. The lowest BCUT2D eigenvalue weighted by atomic mass is 9.96. The SMILES string of the molecule is Cc1ccc(C(=O)NCCO)cc1C(=O)c1ccc(Nc2ccc(Cl)cc2F)cc1Cl. The number of halogens is 3. The Morgan fingerprint density at radius 2 is 1.77 bits per heavy atom. The van der Waals surface area contributed by atoms with Gasteiger partial charge in [-0.3, -0.25) is 9.59 Å². The van der Waals surface area contributed by atoms with E-state index in [1.165, 1.54) is 24.3 Å². The van der Waals surface area contributed by atoms with Gasteiger partial charge in [0, 0.05) is 33.9 Å². The average Bonchev–Trinajstić information content (AvgIpc) is 2.74. The van der Waals surface area contributed by atoms with Crippen LogP contribution < -0.4 is 10.6 Å². The molecule has 3 N–H and O–H groups in total. The van der Waals surface area contributed by atoms with E-state index in [0.29, 0.717) is 22.4 Å². The summed E-state index contributed by atoms with van der Waals surface area (Å²) in [5, 5.41) is 14.8. The Hall–Kier alpha value is -2.93. The number of aliphatic hydroxyl groups is 1. The number of hydrogen-bond donors (Lipinski definition) is 3. The van der Waals surface area contributed by atoms with Crippen LogP contribution in [0.2, 0.25) is 10.0 Å². The summed E-state index contributed by atoms with van der Waals surface area (Å²) in [6.45, 7) is 1.69. The lowest BCUT2D eigenvalue weighted by Gasteiger charge is -2.12. The first kappa shape index (κ1) is 22.7. The zero-order chi connectivity index (χ0) is 22.5. The summed E-state index contributed by atoms with van der Waals surface area (Å²) in [7, 11) is 0. The van der Waals surface area contributed by atoms with Crippen LogP contribution >= 0.6 is 23.2 Å². The highest BCUT2D eigenvalue weighted by atomic mass is 35.5. The summed E-state index contributed by atoms with van der Waals surface area (Å²) < 4.78 is 14.0. The predicted octanol–water partition coefficient (Wildman–Crippen LogP) is 5.14. The highest BCUT2D eigenvalue weighted by Gasteiger charge is 2.18. The number of anilines is 2. The average molecular weight is 461 g/mol. The van der Waals surface area contributed by atoms with Crippen molar-refractivity contribution in [1.82, 2.24) is 5.32 Å². The van der Waals surface area contributed by atoms with Crippen molar-refractivity contribution in [2.24, 2.45) is 0 Å². The lowest BCUT2D eigenvalue weighted by Crippen LogP contribution is -2.26. The van der Waals surface area contributed by atoms with E-state index >= 15 is 0 Å². The number of carbonyl (C=O) groups is 2. The van der Waals surface area contributed by atoms with Crippen molar-refractivity contribution in [3.8, 4) is 0 Å². The minimum Gasteiger partial charge on any atom is -0.395 e. The molecule has 160 valence electrons. The molecule has 0 atom stereocenters. The van der Waals surface area contributed by atoms with Crippen LogP contribution in [0.5, 0.6) is 0 Å². The zero-order valence-corrected chi connectivity index (χ0v) is 18.0. The van der Waals surface area contributed by atoms with E-state index in [1.54, 1.807) is 37.3 Å². The van der Waals surface area contributed by atoms with E-state index in [-0.39, 0.29) is 40.2 Å². The van der Waals surface area contributed by atoms with Crippen molar-refractivity contribution in [2.75, 3.05) is 18.5 Å². The molecule has 5 nitrogen and oxygen atoms in total. The fraction of sp³-hybridized carbons (Fsp3) is 0.130. The van der Waals surface area contributed by atoms with Crippen LogP contribution in [0.15, 0.2) is 54.6 Å². The Balaban J connectivity index is 1.86. The molecule has 0 aliphatic carbocycles. The summed E-state index contributed by atoms with van der Waals surface area (Å²) in [6.07, 6.45) is 0. The monoisotopic (exact) mass is 460 g/mol. The summed E-state index contributed by atoms with van der Waals surface area (Å²) in [5.74, 6) is -1.25. The van der Waals surface area contributed by atoms with Gasteiger partial charge in [0.15, 0.2) is 5.78 Å². The van der Waals surface area contributed by atoms with Crippen LogP contribution in [-0.4, -0.2) is 29.9 Å². The summed E-state index contributed by atoms with van der Waals surface area (Å²) in [5.41, 5.74) is 2.29. The molecule has 3 rings (SSSR count). The van der Waals surface area contributed by atoms with Crippen molar-refractivity contribution < 1.29 is 19.1 Å². The molecule has 0 radical (unpaired) electrons. The Morgan fingerprint density at radius 3 is 2.45 bits per heavy atom. The molecule has 0 saturated heterocycles. The molecule has 0 heterocycles. The van der Waals surface area contributed by atoms with Gasteiger partial charge in [-0.05, 0) is 61.0 Å². The second-order valence-electron chi connectivity index (χ2n) is 6.78. The van der Waals surface area contributed by atoms with Gasteiger partial charge in [-0.1, -0.05) is 29.3 Å². The van der Waals surface area contributed by atoms with Crippen LogP contribution in [0.4, 0.5) is 15.8 Å². The number of aliphatic hydroxyl groups excluding tert-OH is 1. The van der Waals surface area contributed by atoms with Gasteiger partial charge in [-0.25, -0.2) is 4.39 Å². The van der Waals surface area contributed by atoms with Crippen molar-refractivity contribution >= 4 is 46.3 Å². The number of hydrogen-bond acceptors (Lipinski definition) is 4. The van der Waals surface area contributed by atoms with E-state index < -0.39 is 11.7 Å². The smallest absolute Gasteiger partial charge is 0.251 e. The van der Waals surface area contributed by atoms with E-state index in [2.05, 4.69) is 10.6 Å². The molecule has 31 heavy (non-hydrogen) atoms. The third-order valence-electron chi connectivity index (χ3n) is 4.57. The van der Waals surface area contributed by atoms with Gasteiger partial charge >= 0.3 is 0 Å². The molecule has 0 unspecified atom stereocenters. The van der Waals surface area contributed by atoms with Gasteiger partial charge in [0.1, 0.15) is 5.82 Å². The fourth-order valence-electron chi connectivity index (χ4n) is 2.95. The van der Waals surface area contributed by atoms with Gasteiger partial charge in [-0.15, -0.1) is 0 Å². The quantitative estimate of drug-likeness (QED) is 0.426. The molecule has 3 aromatic rings. The summed E-state index contributed by atoms with van der Waals surface area (Å²) in [6, 6.07) is 13.7. The topological polar surface area (TPSA) is 78.4 Å². The van der Waals surface area contributed by atoms with Gasteiger partial charge < -0.3 is 15.7 Å². The largest absolute Gasteiger partial charge is 0.395 e. The number of ketones is 1. The summed E-state index contributed by atoms with van der Waals surface area (Å²) in [4.78, 5) is 25.2. The van der Waals surface area contributed by atoms with Crippen LogP contribution in [-0.2, 0) is 0 Å². The van der Waals surface area contributed by atoms with E-state index in [1.807, 2.05) is 0 Å². The third-order valence-corrected chi connectivity index (χ3v) is 5.11. The fourth-order valence-corrected chi connectivity index (χ4v) is 3.37. The lowest BCUT2D eigenvalue weighted by molar-refractivity contribution is 0.0944. The predicted molar refractivity (Wildman–Crippen MR) is 120 cm³/mol. The highest BCUT2D eigenvalue weighted by Crippen LogP contribution is 2.28. The van der Waals surface area contributed by atoms with E-state index in [0.717, 1.165) is 0 Å². The molecule has 0 bridgehead atoms. The summed E-state index contributed by atoms with van der Waals surface area (Å²) >= 11 is 12.1.